The van der Waals surface area contributed by atoms with Gasteiger partial charge in [0.25, 0.3) is 11.5 Å². The fourth-order valence-electron chi connectivity index (χ4n) is 9.76. The van der Waals surface area contributed by atoms with Gasteiger partial charge in [-0.25, -0.2) is 19.4 Å². The topological polar surface area (TPSA) is 275 Å². The molecular weight excluding hydrogens is 859 g/mol. The van der Waals surface area contributed by atoms with Crippen LogP contribution in [0.2, 0.25) is 0 Å². The van der Waals surface area contributed by atoms with E-state index in [0.29, 0.717) is 30.7 Å². The Morgan fingerprint density at radius 3 is 2.33 bits per heavy atom. The zero-order chi connectivity index (χ0) is 47.5. The first-order valence-electron chi connectivity index (χ1n) is 21.4. The van der Waals surface area contributed by atoms with E-state index in [-0.39, 0.29) is 41.1 Å². The van der Waals surface area contributed by atoms with E-state index in [1.165, 1.54) is 28.9 Å². The van der Waals surface area contributed by atoms with E-state index in [2.05, 4.69) is 51.6 Å². The van der Waals surface area contributed by atoms with E-state index < -0.39 is 48.1 Å². The number of hydrogen-bond donors (Lipinski definition) is 6. The Hall–Kier alpha value is -6.94. The highest BCUT2D eigenvalue weighted by atomic mass is 16.6. The first kappa shape index (κ1) is 45.6. The molecule has 66 heavy (non-hydrogen) atoms. The molecule has 21 nitrogen and oxygen atoms in total. The molecule has 10 rings (SSSR count). The van der Waals surface area contributed by atoms with Crippen molar-refractivity contribution >= 4 is 57.3 Å². The number of aliphatic hydroxyl groups excluding tert-OH is 2. The summed E-state index contributed by atoms with van der Waals surface area (Å²) in [4.78, 5) is 97.5. The minimum atomic E-state index is -2.27. The largest absolute Gasteiger partial charge is 0.479 e. The molecule has 0 bridgehead atoms. The van der Waals surface area contributed by atoms with Gasteiger partial charge in [-0.1, -0.05) is 48.5 Å². The monoisotopic (exact) mass is 909 g/mol. The van der Waals surface area contributed by atoms with Crippen LogP contribution in [-0.2, 0) is 62.7 Å². The summed E-state index contributed by atoms with van der Waals surface area (Å²) >= 11 is 0. The second-order valence-electron chi connectivity index (χ2n) is 17.4. The van der Waals surface area contributed by atoms with Crippen molar-refractivity contribution < 1.29 is 49.1 Å². The SMILES string of the molecule is CN1C[C@H](C(=O)N[C@]2(C)OC3C4CCCN4C(=O)[C@H](Cc4ccccc4)N3C2=O)C=C2c3cccc4[nH]cc(c34)C[C@H]21.Cn1c(=O)c2c(ncn2C)n(C)c1=O.O=C(O)[C@@H](O)[C@H](O)C(=O)O. The van der Waals surface area contributed by atoms with Crippen LogP contribution < -0.4 is 16.6 Å². The quantitative estimate of drug-likeness (QED) is 0.120. The number of benzene rings is 2. The highest BCUT2D eigenvalue weighted by Crippen LogP contribution is 2.42. The van der Waals surface area contributed by atoms with E-state index in [0.717, 1.165) is 46.0 Å². The number of imidazole rings is 1. The molecule has 3 amide bonds. The summed E-state index contributed by atoms with van der Waals surface area (Å²) in [6, 6.07) is 15.4. The number of ether oxygens (including phenoxy) is 1. The maximum atomic E-state index is 14.1. The number of aliphatic carboxylic acids is 2. The van der Waals surface area contributed by atoms with Gasteiger partial charge < -0.3 is 44.9 Å². The molecule has 348 valence electrons. The van der Waals surface area contributed by atoms with E-state index in [9.17, 15) is 33.6 Å². The molecule has 0 spiro atoms. The van der Waals surface area contributed by atoms with Gasteiger partial charge in [0.2, 0.25) is 17.5 Å². The Morgan fingerprint density at radius 2 is 1.65 bits per heavy atom. The fraction of sp³-hybridized carbons (Fsp3) is 0.422. The van der Waals surface area contributed by atoms with Gasteiger partial charge in [0.15, 0.2) is 29.6 Å². The van der Waals surface area contributed by atoms with Crippen molar-refractivity contribution in [2.75, 3.05) is 20.1 Å². The maximum absolute atomic E-state index is 14.1. The van der Waals surface area contributed by atoms with Crippen molar-refractivity contribution in [3.8, 4) is 0 Å². The number of hydrogen-bond acceptors (Lipinski definition) is 12. The molecule has 6 N–H and O–H groups in total. The number of aromatic amines is 1. The minimum absolute atomic E-state index is 0.0367. The lowest BCUT2D eigenvalue weighted by Crippen LogP contribution is -2.65. The highest BCUT2D eigenvalue weighted by molar-refractivity contribution is 6.01. The predicted octanol–water partition coefficient (Wildman–Crippen LogP) is -0.481. The van der Waals surface area contributed by atoms with Crippen molar-refractivity contribution in [1.29, 1.82) is 0 Å². The van der Waals surface area contributed by atoms with E-state index in [4.69, 9.17) is 25.2 Å². The third kappa shape index (κ3) is 7.86. The molecule has 3 fully saturated rings. The van der Waals surface area contributed by atoms with Gasteiger partial charge in [0.1, 0.15) is 6.04 Å². The summed E-state index contributed by atoms with van der Waals surface area (Å²) in [6.07, 6.45) is 3.52. The third-order valence-electron chi connectivity index (χ3n) is 13.2. The number of rotatable bonds is 7. The molecule has 4 aliphatic heterocycles. The second kappa shape index (κ2) is 17.5. The number of carbonyl (C=O) groups excluding carboxylic acids is 3. The average molecular weight is 910 g/mol. The van der Waals surface area contributed by atoms with E-state index in [1.807, 2.05) is 41.3 Å². The van der Waals surface area contributed by atoms with Gasteiger partial charge >= 0.3 is 17.6 Å². The molecule has 21 heteroatoms. The number of aliphatic hydroxyl groups is 2. The smallest absolute Gasteiger partial charge is 0.335 e. The number of carboxylic acids is 2. The average Bonchev–Trinajstić information content (AvgIpc) is 4.10. The molecule has 8 atom stereocenters. The van der Waals surface area contributed by atoms with Crippen molar-refractivity contribution in [2.45, 2.75) is 74.9 Å². The van der Waals surface area contributed by atoms with Gasteiger partial charge in [-0.05, 0) is 61.6 Å². The van der Waals surface area contributed by atoms with E-state index in [1.54, 1.807) is 30.5 Å². The van der Waals surface area contributed by atoms with Crippen LogP contribution in [0.15, 0.2) is 76.7 Å². The molecule has 3 saturated heterocycles. The van der Waals surface area contributed by atoms with Crippen molar-refractivity contribution in [3.05, 3.63) is 105 Å². The molecule has 5 aliphatic rings. The number of piperazine rings is 1. The van der Waals surface area contributed by atoms with Crippen LogP contribution in [0.1, 0.15) is 36.5 Å². The summed E-state index contributed by atoms with van der Waals surface area (Å²) in [5.74, 6) is -4.62. The van der Waals surface area contributed by atoms with Gasteiger partial charge in [-0.3, -0.25) is 38.1 Å². The number of amides is 3. The first-order valence-corrected chi connectivity index (χ1v) is 21.4. The number of aromatic nitrogens is 5. The minimum Gasteiger partial charge on any atom is -0.479 e. The van der Waals surface area contributed by atoms with Crippen molar-refractivity contribution in [1.82, 2.24) is 43.7 Å². The van der Waals surface area contributed by atoms with Crippen LogP contribution in [0.5, 0.6) is 0 Å². The van der Waals surface area contributed by atoms with Crippen LogP contribution in [0, 0.1) is 5.92 Å². The first-order chi connectivity index (χ1) is 31.3. The number of nitrogens with zero attached hydrogens (tertiary/aromatic N) is 7. The Morgan fingerprint density at radius 1 is 0.955 bits per heavy atom. The van der Waals surface area contributed by atoms with Crippen LogP contribution in [-0.4, -0.2) is 151 Å². The van der Waals surface area contributed by atoms with Gasteiger partial charge in [0, 0.05) is 63.8 Å². The number of fused-ring (bicyclic) bond motifs is 6. The molecule has 3 aromatic heterocycles. The van der Waals surface area contributed by atoms with Crippen LogP contribution in [0.3, 0.4) is 0 Å². The Bertz CT molecular complexity index is 2900. The van der Waals surface area contributed by atoms with Gasteiger partial charge in [0.05, 0.1) is 18.3 Å². The Balaban J connectivity index is 0.000000202. The molecule has 0 radical (unpaired) electrons. The lowest BCUT2D eigenvalue weighted by atomic mass is 9.79. The molecule has 0 saturated carbocycles. The van der Waals surface area contributed by atoms with Crippen LogP contribution >= 0.6 is 0 Å². The summed E-state index contributed by atoms with van der Waals surface area (Å²) < 4.78 is 10.5. The molecule has 1 aliphatic carbocycles. The number of nitrogens with one attached hydrogen (secondary N) is 2. The second-order valence-corrected chi connectivity index (χ2v) is 17.4. The maximum Gasteiger partial charge on any atom is 0.335 e. The van der Waals surface area contributed by atoms with Crippen molar-refractivity contribution in [2.24, 2.45) is 27.1 Å². The summed E-state index contributed by atoms with van der Waals surface area (Å²) in [6.45, 7) is 2.85. The fourth-order valence-corrected chi connectivity index (χ4v) is 9.76. The van der Waals surface area contributed by atoms with E-state index >= 15 is 0 Å². The normalized spacial score (nSPS) is 25.1. The van der Waals surface area contributed by atoms with Gasteiger partial charge in [-0.15, -0.1) is 0 Å². The number of likely N-dealkylation sites (N-methyl/N-ethyl adjacent to an activating group) is 1. The standard InChI is InChI=1S/C33H35N5O4.C8H10N4O2.C4H6O6/c1-33(32(41)38-27(14-19-8-4-3-5-9-19)30(40)37-13-7-12-25(37)31(38)42-33)35-29(39)21-15-23-22-10-6-11-24-28(22)20(17-34-24)16-26(23)36(2)18-21;1-10-4-9-6-5(10)7(13)12(3)8(14)11(6)2;5-1(3(7)8)2(6)4(9)10/h3-6,8-11,15,17,21,25-27,31,34H,7,12-14,16,18H2,1-2H3,(H,35,39);4H,1-3H3;1-2,5-6H,(H,7,8)(H,9,10)/t21-,25?,26-,27+,31?,33-;;1-,2-/m1.0/s1. The third-order valence-corrected chi connectivity index (χ3v) is 13.2. The number of carbonyl (C=O) groups is 5. The lowest BCUT2D eigenvalue weighted by Gasteiger charge is -2.44. The summed E-state index contributed by atoms with van der Waals surface area (Å²) in [5.41, 5.74) is 4.32. The van der Waals surface area contributed by atoms with Gasteiger partial charge in [-0.2, -0.15) is 0 Å². The highest BCUT2D eigenvalue weighted by Gasteiger charge is 2.61. The molecule has 2 aromatic carbocycles. The number of aryl methyl sites for hydroxylation is 2. The predicted molar refractivity (Wildman–Crippen MR) is 235 cm³/mol. The van der Waals surface area contributed by atoms with Crippen LogP contribution in [0.25, 0.3) is 27.6 Å². The molecular formula is C45H51N9O12. The lowest BCUT2D eigenvalue weighted by molar-refractivity contribution is -0.165. The summed E-state index contributed by atoms with van der Waals surface area (Å²) in [7, 11) is 6.83. The molecule has 7 heterocycles. The zero-order valence-electron chi connectivity index (χ0n) is 36.8. The Labute approximate surface area is 376 Å². The zero-order valence-corrected chi connectivity index (χ0v) is 36.8. The summed E-state index contributed by atoms with van der Waals surface area (Å²) in [5, 5.41) is 36.8. The van der Waals surface area contributed by atoms with Crippen molar-refractivity contribution in [3.63, 3.8) is 0 Å². The Kier molecular flexibility index (Phi) is 12.1. The number of carboxylic acid groups (broad SMARTS) is 2. The molecule has 5 aromatic rings. The van der Waals surface area contributed by atoms with Crippen LogP contribution in [0.4, 0.5) is 0 Å². The number of H-pyrrole nitrogens is 1. The molecule has 2 unspecified atom stereocenters.